The van der Waals surface area contributed by atoms with Gasteiger partial charge in [-0.05, 0) is 0 Å². The third-order valence-corrected chi connectivity index (χ3v) is 0. The van der Waals surface area contributed by atoms with Crippen molar-refractivity contribution in [1.29, 1.82) is 0 Å². The molecule has 0 aromatic carbocycles. The zero-order chi connectivity index (χ0) is 0. The average Bonchev–Trinajstić information content (AvgIpc) is 0. The Morgan fingerprint density at radius 2 is 0.571 bits per heavy atom. The van der Waals surface area contributed by atoms with Gasteiger partial charge in [0.2, 0.25) is 0 Å². The van der Waals surface area contributed by atoms with Gasteiger partial charge < -0.3 is 68.3 Å². The van der Waals surface area contributed by atoms with E-state index in [0.29, 0.717) is 0 Å². The minimum absolute atomic E-state index is 0. The van der Waals surface area contributed by atoms with E-state index in [0.717, 1.165) is 0 Å². The van der Waals surface area contributed by atoms with Gasteiger partial charge in [-0.25, -0.2) is 0 Å². The largest absolute Gasteiger partial charge is 4.00 e. The molecular formula is CuSe4SnZn. The zero-order valence-corrected chi connectivity index (χ0v) is 16.8. The van der Waals surface area contributed by atoms with Crippen LogP contribution in [0.15, 0.2) is 0 Å². The van der Waals surface area contributed by atoms with E-state index in [1.807, 2.05) is 0 Å². The Morgan fingerprint density at radius 1 is 0.571 bits per heavy atom. The van der Waals surface area contributed by atoms with Crippen LogP contribution in [0.5, 0.6) is 0 Å². The summed E-state index contributed by atoms with van der Waals surface area (Å²) in [4.78, 5) is 0. The zero-order valence-electron chi connectivity index (χ0n) is 3.14. The van der Waals surface area contributed by atoms with Crippen LogP contribution in [0.1, 0.15) is 0 Å². The summed E-state index contributed by atoms with van der Waals surface area (Å²) in [6.07, 6.45) is 0. The van der Waals surface area contributed by atoms with E-state index in [-0.39, 0.29) is 129 Å². The first-order chi connectivity index (χ1) is 0. The van der Waals surface area contributed by atoms with Crippen LogP contribution in [0.4, 0.5) is 0 Å². The second-order valence-corrected chi connectivity index (χ2v) is 0. The van der Waals surface area contributed by atoms with Crippen molar-refractivity contribution in [3.63, 3.8) is 0 Å². The van der Waals surface area contributed by atoms with E-state index in [4.69, 9.17) is 0 Å². The molecule has 7 heavy (non-hydrogen) atoms. The second kappa shape index (κ2) is 50.5. The molecule has 0 aromatic heterocycles. The van der Waals surface area contributed by atoms with Gasteiger partial charge in [-0.2, -0.15) is 0 Å². The molecule has 0 fully saturated rings. The molecule has 0 bridgehead atoms. The van der Waals surface area contributed by atoms with Crippen LogP contribution >= 0.6 is 0 Å². The van der Waals surface area contributed by atoms with Gasteiger partial charge in [0.05, 0.1) is 0 Å². The standard InChI is InChI=1S/Cu.4Se.Sn.Zn/q+2;4*-2;+4;+2. The summed E-state index contributed by atoms with van der Waals surface area (Å²) in [6.45, 7) is 0. The van der Waals surface area contributed by atoms with E-state index in [2.05, 4.69) is 0 Å². The minimum Gasteiger partial charge on any atom is -2.00 e. The molecule has 0 saturated carbocycles. The topological polar surface area (TPSA) is 0 Å². The minimum atomic E-state index is 0. The molecule has 0 heterocycles. The van der Waals surface area contributed by atoms with Gasteiger partial charge in [0.25, 0.3) is 0 Å². The summed E-state index contributed by atoms with van der Waals surface area (Å²) in [5, 5.41) is 0. The maximum Gasteiger partial charge on any atom is 4.00 e. The van der Waals surface area contributed by atoms with Gasteiger partial charge in [0, 0.05) is 0 Å². The van der Waals surface area contributed by atoms with Crippen LogP contribution in [0.3, 0.4) is 0 Å². The molecule has 0 spiro atoms. The van der Waals surface area contributed by atoms with Gasteiger partial charge in [-0.1, -0.05) is 0 Å². The van der Waals surface area contributed by atoms with Crippen LogP contribution in [-0.2, 0) is 36.5 Å². The average molecular weight is 563 g/mol. The summed E-state index contributed by atoms with van der Waals surface area (Å²) >= 11 is 0. The maximum atomic E-state index is 0. The molecular weight excluding hydrogens is 563 g/mol. The first-order valence-electron chi connectivity index (χ1n) is 0. The van der Waals surface area contributed by atoms with Crippen molar-refractivity contribution in [2.24, 2.45) is 0 Å². The van der Waals surface area contributed by atoms with Gasteiger partial charge in [0.1, 0.15) is 0 Å². The summed E-state index contributed by atoms with van der Waals surface area (Å²) in [7, 11) is 0. The van der Waals surface area contributed by atoms with E-state index >= 15 is 0 Å². The fraction of sp³-hybridized carbons (Fsp3) is 0. The first-order valence-corrected chi connectivity index (χ1v) is 0. The third-order valence-electron chi connectivity index (χ3n) is 0. The number of hydrogen-bond acceptors (Lipinski definition) is 0. The molecule has 0 aliphatic rings. The molecule has 7 heteroatoms. The number of hydrogen-bond donors (Lipinski definition) is 0. The van der Waals surface area contributed by atoms with Crippen molar-refractivity contribution in [1.82, 2.24) is 0 Å². The Bertz CT molecular complexity index is 11.7. The monoisotopic (exact) mass is 566 g/mol. The van der Waals surface area contributed by atoms with Crippen LogP contribution < -0.4 is 0 Å². The summed E-state index contributed by atoms with van der Waals surface area (Å²) in [5.74, 6) is 0. The molecule has 0 unspecified atom stereocenters. The summed E-state index contributed by atoms with van der Waals surface area (Å²) in [6, 6.07) is 0. The van der Waals surface area contributed by atoms with Crippen LogP contribution in [0.2, 0.25) is 0 Å². The molecule has 0 aliphatic heterocycles. The smallest absolute Gasteiger partial charge is 2.00 e. The Labute approximate surface area is 126 Å². The molecule has 1 radical (unpaired) electrons. The third kappa shape index (κ3) is 39.9. The second-order valence-electron chi connectivity index (χ2n) is 0. The Balaban J connectivity index is 0. The fourth-order valence-corrected chi connectivity index (χ4v) is 0. The molecule has 0 N–H and O–H groups in total. The van der Waals surface area contributed by atoms with Gasteiger partial charge in [0.15, 0.2) is 0 Å². The van der Waals surface area contributed by atoms with Crippen LogP contribution in [0, 0.1) is 0 Å². The predicted octanol–water partition coefficient (Wildman–Crippen LogP) is -1.91. The number of rotatable bonds is 0. The Morgan fingerprint density at radius 3 is 0.571 bits per heavy atom. The normalized spacial score (nSPS) is 0. The molecule has 0 rings (SSSR count). The maximum absolute atomic E-state index is 0. The molecule has 0 saturated heterocycles. The van der Waals surface area contributed by atoms with Crippen molar-refractivity contribution in [2.75, 3.05) is 0 Å². The Hall–Kier alpha value is 4.02. The van der Waals surface area contributed by atoms with Crippen LogP contribution in [-0.4, -0.2) is 92.2 Å². The predicted molar refractivity (Wildman–Crippen MR) is 28.8 cm³/mol. The van der Waals surface area contributed by atoms with Crippen molar-refractivity contribution in [2.45, 2.75) is 0 Å². The van der Waals surface area contributed by atoms with E-state index < -0.39 is 0 Å². The van der Waals surface area contributed by atoms with Crippen molar-refractivity contribution in [3.05, 3.63) is 0 Å². The molecule has 0 atom stereocenters. The first kappa shape index (κ1) is 68.5. The van der Waals surface area contributed by atoms with Gasteiger partial charge in [-0.15, -0.1) is 0 Å². The van der Waals surface area contributed by atoms with Crippen molar-refractivity contribution in [3.8, 4) is 0 Å². The molecule has 0 nitrogen and oxygen atoms in total. The Kier molecular flexibility index (Phi) is 493. The van der Waals surface area contributed by atoms with Gasteiger partial charge >= 0.3 is 60.5 Å². The van der Waals surface area contributed by atoms with Crippen molar-refractivity contribution < 1.29 is 36.5 Å². The molecule has 41 valence electrons. The van der Waals surface area contributed by atoms with Gasteiger partial charge in [-0.3, -0.25) is 0 Å². The fourth-order valence-electron chi connectivity index (χ4n) is 0. The van der Waals surface area contributed by atoms with Crippen molar-refractivity contribution >= 4 is 92.2 Å². The molecule has 0 aromatic rings. The van der Waals surface area contributed by atoms with Crippen LogP contribution in [0.25, 0.3) is 0 Å². The van der Waals surface area contributed by atoms with E-state index in [1.54, 1.807) is 0 Å². The quantitative estimate of drug-likeness (QED) is 0.302. The SMILES string of the molecule is [Cu+2].[Se-2].[Se-2].[Se-2].[Se-2].[Sn+4].[Zn+2]. The van der Waals surface area contributed by atoms with E-state index in [1.165, 1.54) is 0 Å². The summed E-state index contributed by atoms with van der Waals surface area (Å²) in [5.41, 5.74) is 0. The van der Waals surface area contributed by atoms with E-state index in [9.17, 15) is 0 Å². The molecule has 0 amide bonds. The summed E-state index contributed by atoms with van der Waals surface area (Å²) < 4.78 is 0. The molecule has 0 aliphatic carbocycles.